The third-order valence-corrected chi connectivity index (χ3v) is 1.93. The highest BCUT2D eigenvalue weighted by atomic mass is 16.5. The first kappa shape index (κ1) is 11.8. The number of nitrogens with one attached hydrogen (secondary N) is 1. The Labute approximate surface area is 91.5 Å². The lowest BCUT2D eigenvalue weighted by Crippen LogP contribution is -2.33. The van der Waals surface area contributed by atoms with Crippen molar-refractivity contribution in [1.29, 1.82) is 0 Å². The van der Waals surface area contributed by atoms with Crippen LogP contribution in [0, 0.1) is 0 Å². The summed E-state index contributed by atoms with van der Waals surface area (Å²) in [6.45, 7) is 0. The molecule has 1 amide bonds. The molecule has 0 bridgehead atoms. The molecule has 0 aliphatic carbocycles. The number of carbonyl (C=O) groups excluding carboxylic acids is 1. The van der Waals surface area contributed by atoms with E-state index >= 15 is 0 Å². The molecule has 1 rings (SSSR count). The lowest BCUT2D eigenvalue weighted by molar-refractivity contribution is -0.143. The fourth-order valence-electron chi connectivity index (χ4n) is 1.19. The summed E-state index contributed by atoms with van der Waals surface area (Å²) in [7, 11) is 1.17. The Kier molecular flexibility index (Phi) is 3.71. The van der Waals surface area contributed by atoms with Gasteiger partial charge in [0.1, 0.15) is 5.75 Å². The number of esters is 1. The number of methoxy groups -OCH3 is 1. The van der Waals surface area contributed by atoms with Crippen LogP contribution in [-0.2, 0) is 9.53 Å². The lowest BCUT2D eigenvalue weighted by atomic mass is 10.1. The van der Waals surface area contributed by atoms with Gasteiger partial charge in [0.15, 0.2) is 6.04 Å². The summed E-state index contributed by atoms with van der Waals surface area (Å²) in [4.78, 5) is 21.8. The maximum atomic E-state index is 11.3. The third-order valence-electron chi connectivity index (χ3n) is 1.93. The molecular formula is C10H11NO5. The van der Waals surface area contributed by atoms with Crippen molar-refractivity contribution >= 4 is 12.1 Å². The Balaban J connectivity index is 2.96. The van der Waals surface area contributed by atoms with Crippen molar-refractivity contribution < 1.29 is 24.5 Å². The molecule has 6 nitrogen and oxygen atoms in total. The van der Waals surface area contributed by atoms with E-state index < -0.39 is 18.1 Å². The molecule has 0 aliphatic heterocycles. The number of aromatic hydroxyl groups is 1. The molecule has 0 aromatic heterocycles. The minimum absolute atomic E-state index is 0.0303. The molecule has 0 saturated carbocycles. The highest BCUT2D eigenvalue weighted by molar-refractivity contribution is 5.82. The third kappa shape index (κ3) is 2.88. The smallest absolute Gasteiger partial charge is 0.405 e. The molecule has 0 spiro atoms. The van der Waals surface area contributed by atoms with Crippen molar-refractivity contribution in [3.8, 4) is 5.75 Å². The molecule has 1 aromatic rings. The molecule has 1 unspecified atom stereocenters. The van der Waals surface area contributed by atoms with Crippen molar-refractivity contribution in [3.05, 3.63) is 29.8 Å². The summed E-state index contributed by atoms with van der Waals surface area (Å²) in [5.41, 5.74) is 0.395. The van der Waals surface area contributed by atoms with Gasteiger partial charge in [0.05, 0.1) is 7.11 Å². The number of benzene rings is 1. The number of hydrogen-bond acceptors (Lipinski definition) is 4. The number of carboxylic acid groups (broad SMARTS) is 1. The van der Waals surface area contributed by atoms with Crippen molar-refractivity contribution in [2.75, 3.05) is 7.11 Å². The largest absolute Gasteiger partial charge is 0.508 e. The fraction of sp³-hybridized carbons (Fsp3) is 0.200. The van der Waals surface area contributed by atoms with Gasteiger partial charge in [-0.05, 0) is 17.7 Å². The molecule has 0 saturated heterocycles. The number of ether oxygens (including phenoxy) is 1. The zero-order chi connectivity index (χ0) is 12.1. The lowest BCUT2D eigenvalue weighted by Gasteiger charge is -2.14. The minimum Gasteiger partial charge on any atom is -0.508 e. The molecule has 3 N–H and O–H groups in total. The molecular weight excluding hydrogens is 214 g/mol. The van der Waals surface area contributed by atoms with Crippen molar-refractivity contribution in [3.63, 3.8) is 0 Å². The summed E-state index contributed by atoms with van der Waals surface area (Å²) in [5.74, 6) is -0.684. The van der Waals surface area contributed by atoms with Crippen molar-refractivity contribution in [2.45, 2.75) is 6.04 Å². The zero-order valence-electron chi connectivity index (χ0n) is 8.51. The molecule has 0 heterocycles. The quantitative estimate of drug-likeness (QED) is 0.663. The maximum Gasteiger partial charge on any atom is 0.405 e. The Morgan fingerprint density at radius 2 is 1.88 bits per heavy atom. The van der Waals surface area contributed by atoms with Crippen molar-refractivity contribution in [2.24, 2.45) is 0 Å². The van der Waals surface area contributed by atoms with Gasteiger partial charge >= 0.3 is 12.1 Å². The second-order valence-electron chi connectivity index (χ2n) is 3.00. The summed E-state index contributed by atoms with van der Waals surface area (Å²) in [6.07, 6.45) is -1.33. The zero-order valence-corrected chi connectivity index (χ0v) is 8.51. The van der Waals surface area contributed by atoms with Gasteiger partial charge in [-0.1, -0.05) is 12.1 Å². The summed E-state index contributed by atoms with van der Waals surface area (Å²) >= 11 is 0. The van der Waals surface area contributed by atoms with Crippen LogP contribution in [0.4, 0.5) is 4.79 Å². The van der Waals surface area contributed by atoms with Gasteiger partial charge in [-0.3, -0.25) is 0 Å². The van der Waals surface area contributed by atoms with Gasteiger partial charge in [-0.15, -0.1) is 0 Å². The fourth-order valence-corrected chi connectivity index (χ4v) is 1.19. The highest BCUT2D eigenvalue weighted by Gasteiger charge is 2.23. The van der Waals surface area contributed by atoms with Gasteiger partial charge < -0.3 is 20.3 Å². The maximum absolute atomic E-state index is 11.3. The normalized spacial score (nSPS) is 11.6. The Morgan fingerprint density at radius 3 is 2.31 bits per heavy atom. The first-order valence-electron chi connectivity index (χ1n) is 4.41. The van der Waals surface area contributed by atoms with E-state index in [1.54, 1.807) is 0 Å². The molecule has 0 aliphatic rings. The van der Waals surface area contributed by atoms with E-state index in [4.69, 9.17) is 10.2 Å². The van der Waals surface area contributed by atoms with Gasteiger partial charge in [-0.25, -0.2) is 9.59 Å². The van der Waals surface area contributed by atoms with Crippen LogP contribution in [0.3, 0.4) is 0 Å². The topological polar surface area (TPSA) is 95.9 Å². The van der Waals surface area contributed by atoms with Crippen LogP contribution in [0.1, 0.15) is 11.6 Å². The number of carbonyl (C=O) groups is 2. The minimum atomic E-state index is -1.33. The van der Waals surface area contributed by atoms with E-state index in [2.05, 4.69) is 4.74 Å². The molecule has 1 aromatic carbocycles. The van der Waals surface area contributed by atoms with E-state index in [1.165, 1.54) is 31.4 Å². The van der Waals surface area contributed by atoms with Gasteiger partial charge in [0.25, 0.3) is 0 Å². The summed E-state index contributed by atoms with van der Waals surface area (Å²) in [6, 6.07) is 4.49. The van der Waals surface area contributed by atoms with Crippen LogP contribution in [0.25, 0.3) is 0 Å². The van der Waals surface area contributed by atoms with E-state index in [0.29, 0.717) is 5.56 Å². The Bertz CT molecular complexity index is 387. The van der Waals surface area contributed by atoms with E-state index in [-0.39, 0.29) is 5.75 Å². The van der Waals surface area contributed by atoms with Gasteiger partial charge in [0.2, 0.25) is 0 Å². The number of phenolic OH excluding ortho intramolecular Hbond substituents is 1. The Hall–Kier alpha value is -2.24. The average Bonchev–Trinajstić information content (AvgIpc) is 2.26. The standard InChI is InChI=1S/C10H11NO5/c1-16-9(13)8(11-10(14)15)6-2-4-7(12)5-3-6/h2-5,8,11-12H,1H3,(H,14,15). The van der Waals surface area contributed by atoms with Crippen LogP contribution in [0.5, 0.6) is 5.75 Å². The molecule has 6 heteroatoms. The second kappa shape index (κ2) is 5.01. The van der Waals surface area contributed by atoms with Crippen LogP contribution in [0.15, 0.2) is 24.3 Å². The number of rotatable bonds is 3. The highest BCUT2D eigenvalue weighted by Crippen LogP contribution is 2.17. The van der Waals surface area contributed by atoms with E-state index in [1.807, 2.05) is 5.32 Å². The van der Waals surface area contributed by atoms with Crippen molar-refractivity contribution in [1.82, 2.24) is 5.32 Å². The van der Waals surface area contributed by atoms with E-state index in [0.717, 1.165) is 0 Å². The number of hydrogen-bond donors (Lipinski definition) is 3. The van der Waals surface area contributed by atoms with Crippen LogP contribution in [-0.4, -0.2) is 29.4 Å². The summed E-state index contributed by atoms with van der Waals surface area (Å²) < 4.78 is 4.47. The average molecular weight is 225 g/mol. The van der Waals surface area contributed by atoms with Gasteiger partial charge in [-0.2, -0.15) is 0 Å². The van der Waals surface area contributed by atoms with Crippen LogP contribution >= 0.6 is 0 Å². The van der Waals surface area contributed by atoms with E-state index in [9.17, 15) is 9.59 Å². The first-order chi connectivity index (χ1) is 7.54. The first-order valence-corrected chi connectivity index (χ1v) is 4.41. The molecule has 1 atom stereocenters. The molecule has 86 valence electrons. The predicted molar refractivity (Wildman–Crippen MR) is 54.0 cm³/mol. The van der Waals surface area contributed by atoms with Gasteiger partial charge in [0, 0.05) is 0 Å². The number of amides is 1. The molecule has 0 fully saturated rings. The molecule has 0 radical (unpaired) electrons. The predicted octanol–water partition coefficient (Wildman–Crippen LogP) is 0.874. The van der Waals surface area contributed by atoms with Crippen LogP contribution < -0.4 is 5.32 Å². The van der Waals surface area contributed by atoms with Crippen LogP contribution in [0.2, 0.25) is 0 Å². The second-order valence-corrected chi connectivity index (χ2v) is 3.00. The number of phenols is 1. The SMILES string of the molecule is COC(=O)C(NC(=O)O)c1ccc(O)cc1. The molecule has 16 heavy (non-hydrogen) atoms. The Morgan fingerprint density at radius 1 is 1.31 bits per heavy atom. The summed E-state index contributed by atoms with van der Waals surface area (Å²) in [5, 5.41) is 19.7. The monoisotopic (exact) mass is 225 g/mol.